The molecular weight excluding hydrogens is 222 g/mol. The van der Waals surface area contributed by atoms with E-state index in [1.165, 1.54) is 36.0 Å². The van der Waals surface area contributed by atoms with Gasteiger partial charge in [-0.3, -0.25) is 9.97 Å². The van der Waals surface area contributed by atoms with Crippen molar-refractivity contribution in [2.75, 3.05) is 0 Å². The molecule has 0 radical (unpaired) electrons. The van der Waals surface area contributed by atoms with Gasteiger partial charge in [-0.1, -0.05) is 18.2 Å². The molecule has 1 aliphatic carbocycles. The molecule has 0 bridgehead atoms. The van der Waals surface area contributed by atoms with Crippen LogP contribution in [0.1, 0.15) is 34.8 Å². The van der Waals surface area contributed by atoms with Crippen molar-refractivity contribution < 1.29 is 0 Å². The highest BCUT2D eigenvalue weighted by molar-refractivity contribution is 5.35. The molecule has 0 spiro atoms. The Morgan fingerprint density at radius 3 is 2.89 bits per heavy atom. The Bertz CT molecular complexity index is 537. The summed E-state index contributed by atoms with van der Waals surface area (Å²) in [7, 11) is 0. The molecule has 3 heteroatoms. The zero-order chi connectivity index (χ0) is 12.4. The minimum absolute atomic E-state index is 0.0712. The molecule has 0 saturated heterocycles. The summed E-state index contributed by atoms with van der Waals surface area (Å²) in [5.41, 5.74) is 11.3. The molecule has 1 aromatic carbocycles. The number of nitrogens with two attached hydrogens (primary N) is 1. The van der Waals surface area contributed by atoms with Crippen molar-refractivity contribution in [3.8, 4) is 0 Å². The molecule has 18 heavy (non-hydrogen) atoms. The van der Waals surface area contributed by atoms with E-state index in [4.69, 9.17) is 5.73 Å². The number of fused-ring (bicyclic) bond motifs is 1. The molecule has 1 heterocycles. The summed E-state index contributed by atoms with van der Waals surface area (Å²) in [5.74, 6) is 0. The highest BCUT2D eigenvalue weighted by Crippen LogP contribution is 2.24. The monoisotopic (exact) mass is 239 g/mol. The van der Waals surface area contributed by atoms with Gasteiger partial charge in [0.2, 0.25) is 0 Å². The second kappa shape index (κ2) is 4.86. The Balaban J connectivity index is 1.77. The quantitative estimate of drug-likeness (QED) is 0.893. The predicted octanol–water partition coefficient (Wildman–Crippen LogP) is 2.21. The first-order valence-electron chi connectivity index (χ1n) is 6.45. The van der Waals surface area contributed by atoms with E-state index in [1.807, 2.05) is 0 Å². The molecule has 3 rings (SSSR count). The largest absolute Gasteiger partial charge is 0.322 e. The van der Waals surface area contributed by atoms with E-state index in [0.717, 1.165) is 12.1 Å². The fraction of sp³-hybridized carbons (Fsp3) is 0.333. The standard InChI is InChI=1S/C15H17N3/c16-14(15-10-17-6-7-18-15)9-11-4-5-12-2-1-3-13(12)8-11/h4-8,10,14H,1-3,9,16H2. The van der Waals surface area contributed by atoms with Gasteiger partial charge < -0.3 is 5.73 Å². The van der Waals surface area contributed by atoms with Crippen LogP contribution >= 0.6 is 0 Å². The molecule has 1 atom stereocenters. The van der Waals surface area contributed by atoms with Crippen LogP contribution in [-0.4, -0.2) is 9.97 Å². The first-order valence-corrected chi connectivity index (χ1v) is 6.45. The van der Waals surface area contributed by atoms with Crippen LogP contribution in [0.4, 0.5) is 0 Å². The predicted molar refractivity (Wildman–Crippen MR) is 71.1 cm³/mol. The van der Waals surface area contributed by atoms with Crippen molar-refractivity contribution in [2.24, 2.45) is 5.73 Å². The first kappa shape index (κ1) is 11.4. The van der Waals surface area contributed by atoms with Crippen molar-refractivity contribution in [3.05, 3.63) is 59.2 Å². The normalized spacial score (nSPS) is 15.4. The van der Waals surface area contributed by atoms with Crippen LogP contribution in [0.3, 0.4) is 0 Å². The molecule has 1 aliphatic rings. The molecule has 0 fully saturated rings. The first-order chi connectivity index (χ1) is 8.83. The molecule has 2 aromatic rings. The number of aryl methyl sites for hydroxylation is 2. The van der Waals surface area contributed by atoms with Crippen LogP contribution in [0.2, 0.25) is 0 Å². The van der Waals surface area contributed by atoms with E-state index >= 15 is 0 Å². The molecule has 1 aromatic heterocycles. The third-order valence-electron chi connectivity index (χ3n) is 3.58. The second-order valence-electron chi connectivity index (χ2n) is 4.90. The van der Waals surface area contributed by atoms with Gasteiger partial charge in [0.1, 0.15) is 0 Å². The molecule has 3 nitrogen and oxygen atoms in total. The van der Waals surface area contributed by atoms with E-state index in [1.54, 1.807) is 18.6 Å². The van der Waals surface area contributed by atoms with Crippen molar-refractivity contribution in [1.29, 1.82) is 0 Å². The van der Waals surface area contributed by atoms with Crippen molar-refractivity contribution in [3.63, 3.8) is 0 Å². The summed E-state index contributed by atoms with van der Waals surface area (Å²) in [5, 5.41) is 0. The lowest BCUT2D eigenvalue weighted by molar-refractivity contribution is 0.690. The van der Waals surface area contributed by atoms with Crippen LogP contribution in [0.5, 0.6) is 0 Å². The minimum atomic E-state index is -0.0712. The van der Waals surface area contributed by atoms with Crippen molar-refractivity contribution >= 4 is 0 Å². The van der Waals surface area contributed by atoms with Crippen LogP contribution in [0.15, 0.2) is 36.8 Å². The number of aromatic nitrogens is 2. The molecule has 0 aliphatic heterocycles. The van der Waals surface area contributed by atoms with E-state index in [2.05, 4.69) is 28.2 Å². The van der Waals surface area contributed by atoms with Gasteiger partial charge in [0, 0.05) is 18.6 Å². The van der Waals surface area contributed by atoms with E-state index < -0.39 is 0 Å². The number of nitrogens with zero attached hydrogens (tertiary/aromatic N) is 2. The zero-order valence-electron chi connectivity index (χ0n) is 10.3. The minimum Gasteiger partial charge on any atom is -0.322 e. The highest BCUT2D eigenvalue weighted by Gasteiger charge is 2.13. The van der Waals surface area contributed by atoms with Gasteiger partial charge in [-0.2, -0.15) is 0 Å². The van der Waals surface area contributed by atoms with Crippen LogP contribution < -0.4 is 5.73 Å². The zero-order valence-corrected chi connectivity index (χ0v) is 10.3. The fourth-order valence-corrected chi connectivity index (χ4v) is 2.61. The van der Waals surface area contributed by atoms with E-state index in [-0.39, 0.29) is 6.04 Å². The Kier molecular flexibility index (Phi) is 3.07. The number of hydrogen-bond acceptors (Lipinski definition) is 3. The van der Waals surface area contributed by atoms with E-state index in [0.29, 0.717) is 0 Å². The summed E-state index contributed by atoms with van der Waals surface area (Å²) < 4.78 is 0. The lowest BCUT2D eigenvalue weighted by atomic mass is 10.00. The Labute approximate surface area is 107 Å². The maximum absolute atomic E-state index is 6.17. The smallest absolute Gasteiger partial charge is 0.0757 e. The van der Waals surface area contributed by atoms with E-state index in [9.17, 15) is 0 Å². The van der Waals surface area contributed by atoms with Gasteiger partial charge >= 0.3 is 0 Å². The molecule has 2 N–H and O–H groups in total. The lowest BCUT2D eigenvalue weighted by Gasteiger charge is -2.11. The molecular formula is C15H17N3. The lowest BCUT2D eigenvalue weighted by Crippen LogP contribution is -2.15. The summed E-state index contributed by atoms with van der Waals surface area (Å²) >= 11 is 0. The Hall–Kier alpha value is -1.74. The highest BCUT2D eigenvalue weighted by atomic mass is 14.8. The van der Waals surface area contributed by atoms with Crippen LogP contribution in [0, 0.1) is 0 Å². The summed E-state index contributed by atoms with van der Waals surface area (Å²) in [6.45, 7) is 0. The van der Waals surface area contributed by atoms with Gasteiger partial charge in [-0.25, -0.2) is 0 Å². The van der Waals surface area contributed by atoms with Gasteiger partial charge in [-0.05, 0) is 42.4 Å². The summed E-state index contributed by atoms with van der Waals surface area (Å²) in [4.78, 5) is 8.32. The molecule has 0 saturated carbocycles. The number of rotatable bonds is 3. The fourth-order valence-electron chi connectivity index (χ4n) is 2.61. The SMILES string of the molecule is NC(Cc1ccc2c(c1)CCC2)c1cnccn1. The second-order valence-corrected chi connectivity index (χ2v) is 4.90. The average molecular weight is 239 g/mol. The Morgan fingerprint density at radius 2 is 2.06 bits per heavy atom. The van der Waals surface area contributed by atoms with Gasteiger partial charge in [0.25, 0.3) is 0 Å². The topological polar surface area (TPSA) is 51.8 Å². The molecule has 92 valence electrons. The third kappa shape index (κ3) is 2.27. The van der Waals surface area contributed by atoms with Gasteiger partial charge in [0.05, 0.1) is 11.7 Å². The Morgan fingerprint density at radius 1 is 1.17 bits per heavy atom. The van der Waals surface area contributed by atoms with Gasteiger partial charge in [0.15, 0.2) is 0 Å². The number of benzene rings is 1. The van der Waals surface area contributed by atoms with Crippen LogP contribution in [-0.2, 0) is 19.3 Å². The summed E-state index contributed by atoms with van der Waals surface area (Å²) in [6, 6.07) is 6.68. The maximum atomic E-state index is 6.17. The van der Waals surface area contributed by atoms with Crippen molar-refractivity contribution in [2.45, 2.75) is 31.7 Å². The maximum Gasteiger partial charge on any atom is 0.0757 e. The third-order valence-corrected chi connectivity index (χ3v) is 3.58. The average Bonchev–Trinajstić information content (AvgIpc) is 2.87. The van der Waals surface area contributed by atoms with Gasteiger partial charge in [-0.15, -0.1) is 0 Å². The molecule has 0 amide bonds. The van der Waals surface area contributed by atoms with Crippen LogP contribution in [0.25, 0.3) is 0 Å². The summed E-state index contributed by atoms with van der Waals surface area (Å²) in [6.07, 6.45) is 9.66. The number of hydrogen-bond donors (Lipinski definition) is 1. The van der Waals surface area contributed by atoms with Crippen molar-refractivity contribution in [1.82, 2.24) is 9.97 Å². The molecule has 1 unspecified atom stereocenters.